The standard InChI is InChI=1S/C15H25N3O/c1-5-12(6-2)18(4)10-14(19)17-15-11(3)8-7-9-13(15)16/h7-9,12H,5-6,10,16H2,1-4H3,(H,17,19). The molecule has 0 aliphatic carbocycles. The highest BCUT2D eigenvalue weighted by atomic mass is 16.2. The van der Waals surface area contributed by atoms with E-state index in [2.05, 4.69) is 24.1 Å². The van der Waals surface area contributed by atoms with Gasteiger partial charge in [-0.1, -0.05) is 26.0 Å². The van der Waals surface area contributed by atoms with Crippen molar-refractivity contribution in [3.05, 3.63) is 23.8 Å². The van der Waals surface area contributed by atoms with Gasteiger partial charge in [-0.05, 0) is 38.4 Å². The summed E-state index contributed by atoms with van der Waals surface area (Å²) < 4.78 is 0. The number of likely N-dealkylation sites (N-methyl/N-ethyl adjacent to an activating group) is 1. The van der Waals surface area contributed by atoms with E-state index in [0.717, 1.165) is 24.1 Å². The van der Waals surface area contributed by atoms with Crippen LogP contribution in [0, 0.1) is 6.92 Å². The van der Waals surface area contributed by atoms with E-state index >= 15 is 0 Å². The van der Waals surface area contributed by atoms with Crippen molar-refractivity contribution in [2.75, 3.05) is 24.6 Å². The first-order valence-electron chi connectivity index (χ1n) is 6.84. The maximum Gasteiger partial charge on any atom is 0.238 e. The quantitative estimate of drug-likeness (QED) is 0.776. The van der Waals surface area contributed by atoms with E-state index in [0.29, 0.717) is 18.3 Å². The first kappa shape index (κ1) is 15.5. The monoisotopic (exact) mass is 263 g/mol. The molecule has 106 valence electrons. The first-order valence-corrected chi connectivity index (χ1v) is 6.84. The average molecular weight is 263 g/mol. The summed E-state index contributed by atoms with van der Waals surface area (Å²) in [6.45, 7) is 6.61. The van der Waals surface area contributed by atoms with Crippen molar-refractivity contribution in [1.82, 2.24) is 4.90 Å². The maximum atomic E-state index is 12.1. The Morgan fingerprint density at radius 2 is 2.00 bits per heavy atom. The van der Waals surface area contributed by atoms with Gasteiger partial charge in [-0.2, -0.15) is 0 Å². The van der Waals surface area contributed by atoms with Crippen LogP contribution in [0.1, 0.15) is 32.3 Å². The Morgan fingerprint density at radius 3 is 2.53 bits per heavy atom. The highest BCUT2D eigenvalue weighted by Gasteiger charge is 2.15. The van der Waals surface area contributed by atoms with Crippen molar-refractivity contribution in [2.45, 2.75) is 39.7 Å². The number of nitrogens with zero attached hydrogens (tertiary/aromatic N) is 1. The lowest BCUT2D eigenvalue weighted by Gasteiger charge is -2.25. The van der Waals surface area contributed by atoms with Gasteiger partial charge < -0.3 is 11.1 Å². The van der Waals surface area contributed by atoms with Crippen LogP contribution in [0.3, 0.4) is 0 Å². The second-order valence-electron chi connectivity index (χ2n) is 4.97. The predicted octanol–water partition coefficient (Wildman–Crippen LogP) is 2.64. The number of nitrogens with two attached hydrogens (primary N) is 1. The molecule has 0 fully saturated rings. The Kier molecular flexibility index (Phi) is 5.83. The van der Waals surface area contributed by atoms with Crippen molar-refractivity contribution in [1.29, 1.82) is 0 Å². The summed E-state index contributed by atoms with van der Waals surface area (Å²) >= 11 is 0. The number of amides is 1. The molecule has 0 spiro atoms. The van der Waals surface area contributed by atoms with Gasteiger partial charge in [0.2, 0.25) is 5.91 Å². The van der Waals surface area contributed by atoms with Crippen molar-refractivity contribution in [3.8, 4) is 0 Å². The highest BCUT2D eigenvalue weighted by Crippen LogP contribution is 2.22. The van der Waals surface area contributed by atoms with Gasteiger partial charge in [0.05, 0.1) is 17.9 Å². The van der Waals surface area contributed by atoms with Gasteiger partial charge >= 0.3 is 0 Å². The SMILES string of the molecule is CCC(CC)N(C)CC(=O)Nc1c(C)cccc1N. The molecule has 1 aromatic carbocycles. The van der Waals surface area contributed by atoms with Gasteiger partial charge in [0.15, 0.2) is 0 Å². The normalized spacial score (nSPS) is 11.1. The molecule has 0 unspecified atom stereocenters. The van der Waals surface area contributed by atoms with Crippen LogP contribution in [0.15, 0.2) is 18.2 Å². The number of hydrogen-bond donors (Lipinski definition) is 2. The molecule has 19 heavy (non-hydrogen) atoms. The fourth-order valence-corrected chi connectivity index (χ4v) is 2.31. The van der Waals surface area contributed by atoms with Crippen LogP contribution in [-0.2, 0) is 4.79 Å². The minimum absolute atomic E-state index is 0.0181. The molecular weight excluding hydrogens is 238 g/mol. The predicted molar refractivity (Wildman–Crippen MR) is 81.2 cm³/mol. The molecule has 0 radical (unpaired) electrons. The lowest BCUT2D eigenvalue weighted by atomic mass is 10.1. The number of carbonyl (C=O) groups excluding carboxylic acids is 1. The zero-order valence-corrected chi connectivity index (χ0v) is 12.4. The summed E-state index contributed by atoms with van der Waals surface area (Å²) in [7, 11) is 1.98. The van der Waals surface area contributed by atoms with Gasteiger partial charge in [0.25, 0.3) is 0 Å². The number of nitrogens with one attached hydrogen (secondary N) is 1. The summed E-state index contributed by atoms with van der Waals surface area (Å²) in [6.07, 6.45) is 2.10. The van der Waals surface area contributed by atoms with E-state index < -0.39 is 0 Å². The van der Waals surface area contributed by atoms with E-state index in [-0.39, 0.29) is 5.91 Å². The highest BCUT2D eigenvalue weighted by molar-refractivity contribution is 5.96. The number of carbonyl (C=O) groups is 1. The lowest BCUT2D eigenvalue weighted by molar-refractivity contribution is -0.117. The number of rotatable bonds is 6. The largest absolute Gasteiger partial charge is 0.397 e. The third kappa shape index (κ3) is 4.24. The van der Waals surface area contributed by atoms with Crippen molar-refractivity contribution >= 4 is 17.3 Å². The molecule has 1 rings (SSSR count). The fourth-order valence-electron chi connectivity index (χ4n) is 2.31. The van der Waals surface area contributed by atoms with E-state index in [9.17, 15) is 4.79 Å². The molecule has 0 heterocycles. The number of hydrogen-bond acceptors (Lipinski definition) is 3. The average Bonchev–Trinajstić information content (AvgIpc) is 2.35. The van der Waals surface area contributed by atoms with Crippen molar-refractivity contribution in [3.63, 3.8) is 0 Å². The Bertz CT molecular complexity index is 407. The van der Waals surface area contributed by atoms with E-state index in [1.807, 2.05) is 26.1 Å². The smallest absolute Gasteiger partial charge is 0.238 e. The van der Waals surface area contributed by atoms with E-state index in [4.69, 9.17) is 5.73 Å². The molecule has 0 atom stereocenters. The summed E-state index contributed by atoms with van der Waals surface area (Å²) in [6, 6.07) is 6.07. The van der Waals surface area contributed by atoms with Gasteiger partial charge in [0.1, 0.15) is 0 Å². The Labute approximate surface area is 116 Å². The van der Waals surface area contributed by atoms with Crippen LogP contribution in [0.4, 0.5) is 11.4 Å². The third-order valence-electron chi connectivity index (χ3n) is 3.53. The number of anilines is 2. The molecule has 0 aliphatic heterocycles. The molecule has 3 N–H and O–H groups in total. The van der Waals surface area contributed by atoms with E-state index in [1.54, 1.807) is 6.07 Å². The van der Waals surface area contributed by atoms with Crippen LogP contribution in [0.5, 0.6) is 0 Å². The molecule has 0 aromatic heterocycles. The minimum Gasteiger partial charge on any atom is -0.397 e. The number of aryl methyl sites for hydroxylation is 1. The number of para-hydroxylation sites is 1. The molecule has 1 aromatic rings. The Hall–Kier alpha value is -1.55. The van der Waals surface area contributed by atoms with E-state index in [1.165, 1.54) is 0 Å². The molecule has 4 heteroatoms. The lowest BCUT2D eigenvalue weighted by Crippen LogP contribution is -2.37. The molecule has 1 amide bonds. The summed E-state index contributed by atoms with van der Waals surface area (Å²) in [5.74, 6) is -0.0181. The molecule has 4 nitrogen and oxygen atoms in total. The second-order valence-corrected chi connectivity index (χ2v) is 4.97. The molecule has 0 saturated heterocycles. The Morgan fingerprint density at radius 1 is 1.37 bits per heavy atom. The van der Waals surface area contributed by atoms with Crippen LogP contribution in [0.2, 0.25) is 0 Å². The minimum atomic E-state index is -0.0181. The summed E-state index contributed by atoms with van der Waals surface area (Å²) in [5, 5.41) is 2.91. The molecule has 0 bridgehead atoms. The fraction of sp³-hybridized carbons (Fsp3) is 0.533. The second kappa shape index (κ2) is 7.14. The molecular formula is C15H25N3O. The Balaban J connectivity index is 2.65. The summed E-state index contributed by atoms with van der Waals surface area (Å²) in [4.78, 5) is 14.1. The number of nitrogen functional groups attached to an aromatic ring is 1. The zero-order valence-electron chi connectivity index (χ0n) is 12.4. The first-order chi connectivity index (χ1) is 8.99. The van der Waals surface area contributed by atoms with Gasteiger partial charge in [-0.3, -0.25) is 9.69 Å². The summed E-state index contributed by atoms with van der Waals surface area (Å²) in [5.41, 5.74) is 8.21. The molecule has 0 saturated carbocycles. The van der Waals surface area contributed by atoms with Crippen LogP contribution >= 0.6 is 0 Å². The van der Waals surface area contributed by atoms with Crippen LogP contribution in [0.25, 0.3) is 0 Å². The van der Waals surface area contributed by atoms with Crippen molar-refractivity contribution in [2.24, 2.45) is 0 Å². The van der Waals surface area contributed by atoms with Gasteiger partial charge in [-0.15, -0.1) is 0 Å². The number of benzene rings is 1. The van der Waals surface area contributed by atoms with Gasteiger partial charge in [-0.25, -0.2) is 0 Å². The van der Waals surface area contributed by atoms with Crippen LogP contribution < -0.4 is 11.1 Å². The zero-order chi connectivity index (χ0) is 14.4. The third-order valence-corrected chi connectivity index (χ3v) is 3.53. The topological polar surface area (TPSA) is 58.4 Å². The van der Waals surface area contributed by atoms with Crippen LogP contribution in [-0.4, -0.2) is 30.4 Å². The maximum absolute atomic E-state index is 12.1. The molecule has 0 aliphatic rings. The van der Waals surface area contributed by atoms with Crippen molar-refractivity contribution < 1.29 is 4.79 Å². The van der Waals surface area contributed by atoms with Gasteiger partial charge in [0, 0.05) is 6.04 Å².